The second kappa shape index (κ2) is 8.70. The van der Waals surface area contributed by atoms with Crippen LogP contribution < -0.4 is 14.9 Å². The second-order valence-electron chi connectivity index (χ2n) is 5.94. The SMILES string of the molecule is COc1cc(/C=N/NC(=O)COc2ccc3ccccc3c2)cc([N+](=O)[O-])c1O. The number of rotatable bonds is 7. The first-order valence-corrected chi connectivity index (χ1v) is 8.47. The number of methoxy groups -OCH3 is 1. The minimum absolute atomic E-state index is 0.0772. The van der Waals surface area contributed by atoms with Crippen molar-refractivity contribution in [3.05, 3.63) is 70.3 Å². The Morgan fingerprint density at radius 3 is 2.69 bits per heavy atom. The van der Waals surface area contributed by atoms with Crippen LogP contribution in [0.5, 0.6) is 17.2 Å². The Kier molecular flexibility index (Phi) is 5.88. The summed E-state index contributed by atoms with van der Waals surface area (Å²) in [4.78, 5) is 22.1. The number of benzene rings is 3. The Morgan fingerprint density at radius 2 is 1.97 bits per heavy atom. The van der Waals surface area contributed by atoms with Crippen molar-refractivity contribution in [2.75, 3.05) is 13.7 Å². The topological polar surface area (TPSA) is 123 Å². The first-order valence-electron chi connectivity index (χ1n) is 8.47. The van der Waals surface area contributed by atoms with Gasteiger partial charge in [0, 0.05) is 11.6 Å². The van der Waals surface area contributed by atoms with Crippen LogP contribution in [0.15, 0.2) is 59.7 Å². The molecule has 0 aromatic heterocycles. The van der Waals surface area contributed by atoms with Crippen LogP contribution in [0, 0.1) is 10.1 Å². The van der Waals surface area contributed by atoms with Crippen molar-refractivity contribution in [2.45, 2.75) is 0 Å². The molecule has 0 bridgehead atoms. The predicted octanol–water partition coefficient (Wildman–Crippen LogP) is 2.99. The molecule has 9 nitrogen and oxygen atoms in total. The van der Waals surface area contributed by atoms with Crippen molar-refractivity contribution in [3.63, 3.8) is 0 Å². The van der Waals surface area contributed by atoms with Crippen molar-refractivity contribution in [1.29, 1.82) is 0 Å². The fourth-order valence-electron chi connectivity index (χ4n) is 2.60. The monoisotopic (exact) mass is 395 g/mol. The highest BCUT2D eigenvalue weighted by Gasteiger charge is 2.19. The van der Waals surface area contributed by atoms with E-state index in [1.807, 2.05) is 36.4 Å². The Morgan fingerprint density at radius 1 is 1.21 bits per heavy atom. The fraction of sp³-hybridized carbons (Fsp3) is 0.100. The van der Waals surface area contributed by atoms with Crippen molar-refractivity contribution >= 4 is 28.6 Å². The van der Waals surface area contributed by atoms with Crippen LogP contribution >= 0.6 is 0 Å². The highest BCUT2D eigenvalue weighted by Crippen LogP contribution is 2.36. The van der Waals surface area contributed by atoms with E-state index in [2.05, 4.69) is 10.5 Å². The molecule has 3 aromatic rings. The summed E-state index contributed by atoms with van der Waals surface area (Å²) < 4.78 is 10.4. The number of carbonyl (C=O) groups excluding carboxylic acids is 1. The van der Waals surface area contributed by atoms with Gasteiger partial charge in [0.05, 0.1) is 18.2 Å². The smallest absolute Gasteiger partial charge is 0.315 e. The highest BCUT2D eigenvalue weighted by molar-refractivity contribution is 5.86. The average molecular weight is 395 g/mol. The lowest BCUT2D eigenvalue weighted by Crippen LogP contribution is -2.24. The van der Waals surface area contributed by atoms with Gasteiger partial charge in [-0.2, -0.15) is 5.10 Å². The fourth-order valence-corrected chi connectivity index (χ4v) is 2.60. The number of phenolic OH excluding ortho intramolecular Hbond substituents is 1. The van der Waals surface area contributed by atoms with E-state index >= 15 is 0 Å². The summed E-state index contributed by atoms with van der Waals surface area (Å²) >= 11 is 0. The van der Waals surface area contributed by atoms with Crippen LogP contribution in [0.25, 0.3) is 10.8 Å². The lowest BCUT2D eigenvalue weighted by Gasteiger charge is -2.07. The normalized spacial score (nSPS) is 10.8. The Hall–Kier alpha value is -4.14. The number of aromatic hydroxyl groups is 1. The summed E-state index contributed by atoms with van der Waals surface area (Å²) in [6.07, 6.45) is 1.20. The van der Waals surface area contributed by atoms with Crippen molar-refractivity contribution in [1.82, 2.24) is 5.43 Å². The standard InChI is InChI=1S/C20H17N3O6/c1-28-18-9-13(8-17(20(18)25)23(26)27)11-21-22-19(24)12-29-16-7-6-14-4-2-3-5-15(14)10-16/h2-11,25H,12H2,1H3,(H,22,24)/b21-11+. The van der Waals surface area contributed by atoms with E-state index in [0.29, 0.717) is 5.75 Å². The number of amides is 1. The largest absolute Gasteiger partial charge is 0.500 e. The number of nitrogens with zero attached hydrogens (tertiary/aromatic N) is 2. The van der Waals surface area contributed by atoms with Gasteiger partial charge >= 0.3 is 5.69 Å². The van der Waals surface area contributed by atoms with E-state index in [4.69, 9.17) is 9.47 Å². The Balaban J connectivity index is 1.60. The van der Waals surface area contributed by atoms with Gasteiger partial charge in [0.2, 0.25) is 5.75 Å². The van der Waals surface area contributed by atoms with E-state index in [1.54, 1.807) is 6.07 Å². The third-order valence-corrected chi connectivity index (χ3v) is 3.99. The van der Waals surface area contributed by atoms with Gasteiger partial charge in [-0.3, -0.25) is 14.9 Å². The molecule has 148 valence electrons. The summed E-state index contributed by atoms with van der Waals surface area (Å²) in [5, 5.41) is 26.5. The molecular formula is C20H17N3O6. The number of hydrogen-bond donors (Lipinski definition) is 2. The lowest BCUT2D eigenvalue weighted by atomic mass is 10.1. The van der Waals surface area contributed by atoms with Crippen molar-refractivity contribution in [3.8, 4) is 17.2 Å². The number of nitro benzene ring substituents is 1. The molecule has 0 aliphatic carbocycles. The number of nitro groups is 1. The first kappa shape index (κ1) is 19.6. The van der Waals surface area contributed by atoms with Crippen LogP contribution in [0.1, 0.15) is 5.56 Å². The van der Waals surface area contributed by atoms with E-state index in [-0.39, 0.29) is 17.9 Å². The summed E-state index contributed by atoms with van der Waals surface area (Å²) in [6, 6.07) is 15.7. The zero-order valence-corrected chi connectivity index (χ0v) is 15.4. The molecule has 0 unspecified atom stereocenters. The average Bonchev–Trinajstić information content (AvgIpc) is 2.72. The third-order valence-electron chi connectivity index (χ3n) is 3.99. The van der Waals surface area contributed by atoms with Gasteiger partial charge in [-0.25, -0.2) is 5.43 Å². The number of ether oxygens (including phenoxy) is 2. The molecule has 0 aliphatic rings. The van der Waals surface area contributed by atoms with E-state index in [9.17, 15) is 20.0 Å². The summed E-state index contributed by atoms with van der Waals surface area (Å²) in [5.41, 5.74) is 2.01. The molecule has 0 saturated carbocycles. The molecule has 0 heterocycles. The molecule has 0 spiro atoms. The number of phenols is 1. The van der Waals surface area contributed by atoms with Crippen LogP contribution in [0.4, 0.5) is 5.69 Å². The van der Waals surface area contributed by atoms with Crippen molar-refractivity contribution < 1.29 is 24.3 Å². The maximum atomic E-state index is 11.9. The number of fused-ring (bicyclic) bond motifs is 1. The maximum Gasteiger partial charge on any atom is 0.315 e. The molecule has 0 aliphatic heterocycles. The van der Waals surface area contributed by atoms with Crippen LogP contribution in [0.2, 0.25) is 0 Å². The molecule has 9 heteroatoms. The molecule has 0 fully saturated rings. The summed E-state index contributed by atoms with van der Waals surface area (Å²) in [5.74, 6) is -0.620. The van der Waals surface area contributed by atoms with Crippen LogP contribution in [0.3, 0.4) is 0 Å². The number of nitrogens with one attached hydrogen (secondary N) is 1. The van der Waals surface area contributed by atoms with E-state index in [0.717, 1.165) is 16.8 Å². The molecule has 3 aromatic carbocycles. The molecule has 3 rings (SSSR count). The Bertz CT molecular complexity index is 1100. The summed E-state index contributed by atoms with van der Waals surface area (Å²) in [6.45, 7) is -0.255. The molecule has 29 heavy (non-hydrogen) atoms. The van der Waals surface area contributed by atoms with Gasteiger partial charge in [0.25, 0.3) is 5.91 Å². The van der Waals surface area contributed by atoms with Crippen LogP contribution in [-0.2, 0) is 4.79 Å². The van der Waals surface area contributed by atoms with Crippen LogP contribution in [-0.4, -0.2) is 35.9 Å². The number of carbonyl (C=O) groups is 1. The minimum atomic E-state index is -0.745. The van der Waals surface area contributed by atoms with E-state index < -0.39 is 22.3 Å². The third kappa shape index (κ3) is 4.78. The minimum Gasteiger partial charge on any atom is -0.500 e. The number of hydrogen-bond acceptors (Lipinski definition) is 7. The molecular weight excluding hydrogens is 378 g/mol. The van der Waals surface area contributed by atoms with Gasteiger partial charge in [0.15, 0.2) is 12.4 Å². The summed E-state index contributed by atoms with van der Waals surface area (Å²) in [7, 11) is 1.27. The molecule has 2 N–H and O–H groups in total. The quantitative estimate of drug-likeness (QED) is 0.360. The Labute approximate surface area is 165 Å². The molecule has 1 amide bonds. The second-order valence-corrected chi connectivity index (χ2v) is 5.94. The van der Waals surface area contributed by atoms with Gasteiger partial charge in [0.1, 0.15) is 5.75 Å². The van der Waals surface area contributed by atoms with E-state index in [1.165, 1.54) is 19.4 Å². The van der Waals surface area contributed by atoms with Gasteiger partial charge < -0.3 is 14.6 Å². The predicted molar refractivity (Wildman–Crippen MR) is 106 cm³/mol. The van der Waals surface area contributed by atoms with Gasteiger partial charge in [-0.05, 0) is 29.0 Å². The van der Waals surface area contributed by atoms with Gasteiger partial charge in [-0.1, -0.05) is 30.3 Å². The zero-order chi connectivity index (χ0) is 20.8. The first-order chi connectivity index (χ1) is 14.0. The molecule has 0 radical (unpaired) electrons. The zero-order valence-electron chi connectivity index (χ0n) is 15.4. The maximum absolute atomic E-state index is 11.9. The highest BCUT2D eigenvalue weighted by atomic mass is 16.6. The number of hydrazone groups is 1. The lowest BCUT2D eigenvalue weighted by molar-refractivity contribution is -0.386. The molecule has 0 atom stereocenters. The van der Waals surface area contributed by atoms with Crippen molar-refractivity contribution in [2.24, 2.45) is 5.10 Å². The van der Waals surface area contributed by atoms with Gasteiger partial charge in [-0.15, -0.1) is 0 Å². The molecule has 0 saturated heterocycles.